The smallest absolute Gasteiger partial charge is 0.315 e. The number of thioether (sulfide) groups is 1. The van der Waals surface area contributed by atoms with Crippen LogP contribution in [-0.4, -0.2) is 29.6 Å². The molecule has 14 heavy (non-hydrogen) atoms. The summed E-state index contributed by atoms with van der Waals surface area (Å²) in [4.78, 5) is 11.5. The predicted molar refractivity (Wildman–Crippen MR) is 59.6 cm³/mol. The van der Waals surface area contributed by atoms with E-state index in [4.69, 9.17) is 0 Å². The van der Waals surface area contributed by atoms with Gasteiger partial charge in [0, 0.05) is 17.3 Å². The Morgan fingerprint density at radius 3 is 2.64 bits per heavy atom. The lowest BCUT2D eigenvalue weighted by Crippen LogP contribution is -2.45. The maximum absolute atomic E-state index is 11.5. The molecule has 0 bridgehead atoms. The summed E-state index contributed by atoms with van der Waals surface area (Å²) in [5.41, 5.74) is 0. The summed E-state index contributed by atoms with van der Waals surface area (Å²) in [6.07, 6.45) is 8.08. The van der Waals surface area contributed by atoms with Gasteiger partial charge in [-0.1, -0.05) is 6.42 Å². The molecule has 2 unspecified atom stereocenters. The summed E-state index contributed by atoms with van der Waals surface area (Å²) in [5.74, 6) is 0. The maximum atomic E-state index is 11.5. The molecule has 2 aliphatic rings. The number of rotatable bonds is 3. The minimum atomic E-state index is 0.0402. The van der Waals surface area contributed by atoms with Gasteiger partial charge in [0.15, 0.2) is 0 Å². The molecular formula is C10H18N2OS. The molecule has 0 aliphatic heterocycles. The van der Waals surface area contributed by atoms with Gasteiger partial charge in [-0.25, -0.2) is 4.79 Å². The van der Waals surface area contributed by atoms with E-state index in [1.54, 1.807) is 0 Å². The number of hydrogen-bond donors (Lipinski definition) is 2. The van der Waals surface area contributed by atoms with Crippen LogP contribution in [0.4, 0.5) is 4.79 Å². The lowest BCUT2D eigenvalue weighted by molar-refractivity contribution is 0.237. The molecule has 2 saturated carbocycles. The predicted octanol–water partition coefficient (Wildman–Crippen LogP) is 1.73. The number of carbonyl (C=O) groups is 1. The molecule has 0 aromatic heterocycles. The molecule has 0 spiro atoms. The zero-order valence-corrected chi connectivity index (χ0v) is 9.40. The first-order valence-electron chi connectivity index (χ1n) is 5.39. The Labute approximate surface area is 89.4 Å². The van der Waals surface area contributed by atoms with E-state index in [9.17, 15) is 4.79 Å². The van der Waals surface area contributed by atoms with Crippen molar-refractivity contribution in [2.45, 2.75) is 49.4 Å². The van der Waals surface area contributed by atoms with Gasteiger partial charge in [0.2, 0.25) is 0 Å². The normalized spacial score (nSPS) is 31.5. The van der Waals surface area contributed by atoms with E-state index in [2.05, 4.69) is 16.9 Å². The Kier molecular flexibility index (Phi) is 3.21. The van der Waals surface area contributed by atoms with E-state index < -0.39 is 0 Å². The van der Waals surface area contributed by atoms with Gasteiger partial charge in [-0.3, -0.25) is 0 Å². The minimum absolute atomic E-state index is 0.0402. The highest BCUT2D eigenvalue weighted by Crippen LogP contribution is 2.28. The van der Waals surface area contributed by atoms with Gasteiger partial charge in [-0.15, -0.1) is 0 Å². The first-order chi connectivity index (χ1) is 6.79. The summed E-state index contributed by atoms with van der Waals surface area (Å²) < 4.78 is 0. The lowest BCUT2D eigenvalue weighted by atomic mass is 10.2. The van der Waals surface area contributed by atoms with Gasteiger partial charge in [0.1, 0.15) is 0 Å². The van der Waals surface area contributed by atoms with Crippen molar-refractivity contribution in [3.8, 4) is 0 Å². The van der Waals surface area contributed by atoms with Crippen LogP contribution in [0.3, 0.4) is 0 Å². The van der Waals surface area contributed by atoms with Gasteiger partial charge >= 0.3 is 6.03 Å². The van der Waals surface area contributed by atoms with Crippen LogP contribution in [-0.2, 0) is 0 Å². The van der Waals surface area contributed by atoms with Gasteiger partial charge in [0.25, 0.3) is 0 Å². The quantitative estimate of drug-likeness (QED) is 0.751. The number of urea groups is 1. The van der Waals surface area contributed by atoms with Crippen LogP contribution < -0.4 is 10.6 Å². The molecule has 2 N–H and O–H groups in total. The second-order valence-electron chi connectivity index (χ2n) is 4.20. The molecule has 2 rings (SSSR count). The average Bonchev–Trinajstić information content (AvgIpc) is 2.84. The lowest BCUT2D eigenvalue weighted by Gasteiger charge is -2.19. The third-order valence-electron chi connectivity index (χ3n) is 2.98. The number of hydrogen-bond acceptors (Lipinski definition) is 2. The van der Waals surface area contributed by atoms with Crippen LogP contribution in [0.5, 0.6) is 0 Å². The largest absolute Gasteiger partial charge is 0.335 e. The van der Waals surface area contributed by atoms with Crippen molar-refractivity contribution in [2.75, 3.05) is 6.26 Å². The summed E-state index contributed by atoms with van der Waals surface area (Å²) in [6.45, 7) is 0. The highest BCUT2D eigenvalue weighted by Gasteiger charge is 2.29. The molecule has 2 atom stereocenters. The molecule has 3 nitrogen and oxygen atoms in total. The van der Waals surface area contributed by atoms with E-state index in [-0.39, 0.29) is 6.03 Å². The van der Waals surface area contributed by atoms with Crippen molar-refractivity contribution in [2.24, 2.45) is 0 Å². The number of carbonyl (C=O) groups excluding carboxylic acids is 1. The highest BCUT2D eigenvalue weighted by atomic mass is 32.2. The van der Waals surface area contributed by atoms with Crippen molar-refractivity contribution < 1.29 is 4.79 Å². The highest BCUT2D eigenvalue weighted by molar-refractivity contribution is 7.99. The molecule has 0 aromatic carbocycles. The maximum Gasteiger partial charge on any atom is 0.315 e. The first-order valence-corrected chi connectivity index (χ1v) is 6.68. The zero-order valence-electron chi connectivity index (χ0n) is 8.58. The van der Waals surface area contributed by atoms with E-state index in [1.165, 1.54) is 12.8 Å². The standard InChI is InChI=1S/C10H18N2OS/c1-14-9-4-2-3-8(9)12-10(13)11-7-5-6-7/h7-9H,2-6H2,1H3,(H2,11,12,13). The molecule has 0 aromatic rings. The zero-order chi connectivity index (χ0) is 9.97. The molecule has 4 heteroatoms. The molecule has 2 amide bonds. The molecule has 2 aliphatic carbocycles. The van der Waals surface area contributed by atoms with Crippen LogP contribution in [0.15, 0.2) is 0 Å². The first kappa shape index (κ1) is 10.1. The molecule has 0 saturated heterocycles. The second-order valence-corrected chi connectivity index (χ2v) is 5.28. The van der Waals surface area contributed by atoms with Crippen LogP contribution in [0.2, 0.25) is 0 Å². The number of nitrogens with one attached hydrogen (secondary N) is 2. The Bertz CT molecular complexity index is 218. The van der Waals surface area contributed by atoms with Gasteiger partial charge in [-0.2, -0.15) is 11.8 Å². The summed E-state index contributed by atoms with van der Waals surface area (Å²) in [7, 11) is 0. The monoisotopic (exact) mass is 214 g/mol. The summed E-state index contributed by atoms with van der Waals surface area (Å²) in [5, 5.41) is 6.67. The fraction of sp³-hybridized carbons (Fsp3) is 0.900. The number of amides is 2. The Morgan fingerprint density at radius 2 is 2.00 bits per heavy atom. The van der Waals surface area contributed by atoms with Crippen molar-refractivity contribution in [1.29, 1.82) is 0 Å². The van der Waals surface area contributed by atoms with E-state index in [1.807, 2.05) is 11.8 Å². The fourth-order valence-electron chi connectivity index (χ4n) is 2.00. The fourth-order valence-corrected chi connectivity index (χ4v) is 2.93. The van der Waals surface area contributed by atoms with Crippen LogP contribution >= 0.6 is 11.8 Å². The van der Waals surface area contributed by atoms with Gasteiger partial charge < -0.3 is 10.6 Å². The van der Waals surface area contributed by atoms with Crippen LogP contribution in [0.1, 0.15) is 32.1 Å². The molecular weight excluding hydrogens is 196 g/mol. The van der Waals surface area contributed by atoms with Crippen molar-refractivity contribution in [3.05, 3.63) is 0 Å². The molecule has 0 heterocycles. The minimum Gasteiger partial charge on any atom is -0.335 e. The second kappa shape index (κ2) is 4.43. The Morgan fingerprint density at radius 1 is 1.21 bits per heavy atom. The third kappa shape index (κ3) is 2.56. The van der Waals surface area contributed by atoms with Crippen LogP contribution in [0, 0.1) is 0 Å². The molecule has 80 valence electrons. The van der Waals surface area contributed by atoms with Crippen molar-refractivity contribution >= 4 is 17.8 Å². The molecule has 0 radical (unpaired) electrons. The average molecular weight is 214 g/mol. The Hall–Kier alpha value is -0.380. The SMILES string of the molecule is CSC1CCCC1NC(=O)NC1CC1. The topological polar surface area (TPSA) is 41.1 Å². The Balaban J connectivity index is 1.74. The molecule has 2 fully saturated rings. The van der Waals surface area contributed by atoms with Crippen LogP contribution in [0.25, 0.3) is 0 Å². The van der Waals surface area contributed by atoms with Gasteiger partial charge in [-0.05, 0) is 31.9 Å². The van der Waals surface area contributed by atoms with E-state index >= 15 is 0 Å². The van der Waals surface area contributed by atoms with Crippen molar-refractivity contribution in [1.82, 2.24) is 10.6 Å². The summed E-state index contributed by atoms with van der Waals surface area (Å²) in [6, 6.07) is 0.895. The summed E-state index contributed by atoms with van der Waals surface area (Å²) >= 11 is 1.87. The third-order valence-corrected chi connectivity index (χ3v) is 4.15. The van der Waals surface area contributed by atoms with E-state index in [0.29, 0.717) is 17.3 Å². The van der Waals surface area contributed by atoms with Crippen molar-refractivity contribution in [3.63, 3.8) is 0 Å². The van der Waals surface area contributed by atoms with E-state index in [0.717, 1.165) is 19.3 Å². The van der Waals surface area contributed by atoms with Gasteiger partial charge in [0.05, 0.1) is 0 Å².